The second kappa shape index (κ2) is 9.51. The first-order valence-corrected chi connectivity index (χ1v) is 9.29. The fourth-order valence-corrected chi connectivity index (χ4v) is 2.68. The molecule has 0 radical (unpaired) electrons. The van der Waals surface area contributed by atoms with Crippen LogP contribution in [0.25, 0.3) is 16.9 Å². The van der Waals surface area contributed by atoms with Crippen molar-refractivity contribution >= 4 is 5.91 Å². The van der Waals surface area contributed by atoms with E-state index in [1.165, 1.54) is 36.7 Å². The van der Waals surface area contributed by atoms with E-state index in [0.717, 1.165) is 22.9 Å². The van der Waals surface area contributed by atoms with Gasteiger partial charge in [0.15, 0.2) is 6.10 Å². The van der Waals surface area contributed by atoms with E-state index >= 15 is 0 Å². The van der Waals surface area contributed by atoms with Crippen LogP contribution in [0, 0.1) is 0 Å². The minimum atomic E-state index is -4.99. The van der Waals surface area contributed by atoms with Gasteiger partial charge in [-0.1, -0.05) is 0 Å². The molecule has 2 aromatic heterocycles. The summed E-state index contributed by atoms with van der Waals surface area (Å²) in [4.78, 5) is 29.1. The van der Waals surface area contributed by atoms with Crippen LogP contribution in [0.2, 0.25) is 0 Å². The number of hydrogen-bond acceptors (Lipinski definition) is 6. The molecule has 1 atom stereocenters. The van der Waals surface area contributed by atoms with Gasteiger partial charge in [-0.2, -0.15) is 23.0 Å². The maximum Gasteiger partial charge on any atom is 0.573 e. The van der Waals surface area contributed by atoms with Crippen LogP contribution in [-0.2, 0) is 0 Å². The van der Waals surface area contributed by atoms with Crippen molar-refractivity contribution in [1.82, 2.24) is 20.1 Å². The number of nitrogens with one attached hydrogen (secondary N) is 1. The van der Waals surface area contributed by atoms with Crippen LogP contribution in [0.4, 0.5) is 26.3 Å². The van der Waals surface area contributed by atoms with E-state index in [9.17, 15) is 35.9 Å². The zero-order chi connectivity index (χ0) is 25.1. The van der Waals surface area contributed by atoms with E-state index in [1.54, 1.807) is 0 Å². The molecule has 0 saturated carbocycles. The van der Waals surface area contributed by atoms with E-state index in [0.29, 0.717) is 0 Å². The highest BCUT2D eigenvalue weighted by molar-refractivity contribution is 5.94. The quantitative estimate of drug-likeness (QED) is 0.517. The number of carbonyl (C=O) groups is 1. The molecular formula is C20H14F6N4O4. The average Bonchev–Trinajstić information content (AvgIpc) is 2.77. The molecule has 14 heteroatoms. The Balaban J connectivity index is 2.02. The maximum atomic E-state index is 12.8. The van der Waals surface area contributed by atoms with Crippen LogP contribution in [-0.4, -0.2) is 51.0 Å². The van der Waals surface area contributed by atoms with Crippen molar-refractivity contribution in [3.8, 4) is 22.7 Å². The molecule has 1 aromatic carbocycles. The minimum Gasteiger partial charge on any atom is -0.406 e. The summed E-state index contributed by atoms with van der Waals surface area (Å²) in [5.74, 6) is -1.76. The Morgan fingerprint density at radius 1 is 1.12 bits per heavy atom. The van der Waals surface area contributed by atoms with Gasteiger partial charge in [-0.3, -0.25) is 14.6 Å². The van der Waals surface area contributed by atoms with Crippen LogP contribution in [0.5, 0.6) is 5.75 Å². The van der Waals surface area contributed by atoms with Gasteiger partial charge in [0.25, 0.3) is 11.5 Å². The number of benzene rings is 1. The lowest BCUT2D eigenvalue weighted by atomic mass is 10.1. The predicted octanol–water partition coefficient (Wildman–Crippen LogP) is 2.85. The van der Waals surface area contributed by atoms with Crippen molar-refractivity contribution < 1.29 is 41.0 Å². The summed E-state index contributed by atoms with van der Waals surface area (Å²) >= 11 is 0. The number of carbonyl (C=O) groups excluding carboxylic acids is 1. The largest absolute Gasteiger partial charge is 0.573 e. The molecule has 0 spiro atoms. The lowest BCUT2D eigenvalue weighted by Gasteiger charge is -2.15. The Hall–Kier alpha value is -3.94. The van der Waals surface area contributed by atoms with Gasteiger partial charge in [-0.25, -0.2) is 0 Å². The molecule has 3 rings (SSSR count). The van der Waals surface area contributed by atoms with Crippen LogP contribution in [0.3, 0.4) is 0 Å². The van der Waals surface area contributed by atoms with E-state index in [4.69, 9.17) is 5.11 Å². The monoisotopic (exact) mass is 488 g/mol. The van der Waals surface area contributed by atoms with Crippen molar-refractivity contribution in [2.45, 2.75) is 18.6 Å². The molecule has 0 aliphatic heterocycles. The molecule has 0 aliphatic rings. The molecule has 2 N–H and O–H groups in total. The first kappa shape index (κ1) is 24.7. The van der Waals surface area contributed by atoms with Gasteiger partial charge in [-0.05, 0) is 42.5 Å². The number of alkyl halides is 6. The summed E-state index contributed by atoms with van der Waals surface area (Å²) in [7, 11) is 0. The van der Waals surface area contributed by atoms with Gasteiger partial charge in [0, 0.05) is 11.8 Å². The zero-order valence-corrected chi connectivity index (χ0v) is 16.8. The molecule has 3 aromatic rings. The number of aliphatic hydroxyl groups excluding tert-OH is 1. The van der Waals surface area contributed by atoms with Crippen LogP contribution in [0.15, 0.2) is 59.7 Å². The van der Waals surface area contributed by atoms with Crippen LogP contribution >= 0.6 is 0 Å². The van der Waals surface area contributed by atoms with Crippen molar-refractivity contribution in [3.63, 3.8) is 0 Å². The van der Waals surface area contributed by atoms with Crippen LogP contribution < -0.4 is 15.6 Å². The number of aromatic nitrogens is 3. The van der Waals surface area contributed by atoms with E-state index < -0.39 is 48.0 Å². The number of ether oxygens (including phenoxy) is 1. The number of halogens is 6. The fourth-order valence-electron chi connectivity index (χ4n) is 2.68. The van der Waals surface area contributed by atoms with Gasteiger partial charge in [0.2, 0.25) is 0 Å². The summed E-state index contributed by atoms with van der Waals surface area (Å²) in [6.07, 6.45) is -10.1. The van der Waals surface area contributed by atoms with Gasteiger partial charge in [-0.15, -0.1) is 13.2 Å². The van der Waals surface area contributed by atoms with E-state index in [-0.39, 0.29) is 16.9 Å². The van der Waals surface area contributed by atoms with Gasteiger partial charge >= 0.3 is 12.5 Å². The third-order valence-corrected chi connectivity index (χ3v) is 4.26. The Bertz CT molecular complexity index is 1210. The number of amides is 1. The first-order chi connectivity index (χ1) is 15.8. The van der Waals surface area contributed by atoms with Crippen molar-refractivity contribution in [1.29, 1.82) is 0 Å². The summed E-state index contributed by atoms with van der Waals surface area (Å²) in [5, 5.41) is 15.0. The lowest BCUT2D eigenvalue weighted by molar-refractivity contribution is -0.274. The third-order valence-electron chi connectivity index (χ3n) is 4.26. The molecule has 2 heterocycles. The second-order valence-electron chi connectivity index (χ2n) is 6.71. The van der Waals surface area contributed by atoms with Gasteiger partial charge < -0.3 is 15.2 Å². The van der Waals surface area contributed by atoms with Crippen molar-refractivity contribution in [3.05, 3.63) is 70.8 Å². The van der Waals surface area contributed by atoms with E-state index in [2.05, 4.69) is 14.8 Å². The summed E-state index contributed by atoms with van der Waals surface area (Å²) in [6.45, 7) is -1.21. The third kappa shape index (κ3) is 6.10. The Morgan fingerprint density at radius 2 is 1.79 bits per heavy atom. The maximum absolute atomic E-state index is 12.8. The highest BCUT2D eigenvalue weighted by Gasteiger charge is 2.38. The number of rotatable bonds is 6. The average molecular weight is 488 g/mol. The molecule has 180 valence electrons. The molecule has 1 unspecified atom stereocenters. The molecule has 8 nitrogen and oxygen atoms in total. The molecular weight excluding hydrogens is 474 g/mol. The summed E-state index contributed by atoms with van der Waals surface area (Å²) < 4.78 is 79.3. The molecule has 0 fully saturated rings. The lowest BCUT2D eigenvalue weighted by Crippen LogP contribution is -2.42. The zero-order valence-electron chi connectivity index (χ0n) is 16.8. The molecule has 0 bridgehead atoms. The standard InChI is InChI=1S/C20H14F6N4O4/c21-19(22,23)16(31)10-28-17(32)14-8-15(11-3-5-13(6-4-11)34-20(24,25)26)29-30(18(14)33)12-2-1-7-27-9-12/h1-9,16,31H,10H2,(H,28,32). The smallest absolute Gasteiger partial charge is 0.406 e. The van der Waals surface area contributed by atoms with Gasteiger partial charge in [0.05, 0.1) is 24.1 Å². The van der Waals surface area contributed by atoms with Crippen LogP contribution in [0.1, 0.15) is 10.4 Å². The van der Waals surface area contributed by atoms with Gasteiger partial charge in [0.1, 0.15) is 11.3 Å². The summed E-state index contributed by atoms with van der Waals surface area (Å²) in [6, 6.07) is 8.14. The Labute approximate surface area is 186 Å². The molecule has 0 aliphatic carbocycles. The summed E-state index contributed by atoms with van der Waals surface area (Å²) in [5.41, 5.74) is -1.43. The van der Waals surface area contributed by atoms with Crippen molar-refractivity contribution in [2.24, 2.45) is 0 Å². The number of pyridine rings is 1. The predicted molar refractivity (Wildman–Crippen MR) is 104 cm³/mol. The number of nitrogens with zero attached hydrogens (tertiary/aromatic N) is 3. The highest BCUT2D eigenvalue weighted by Crippen LogP contribution is 2.26. The van der Waals surface area contributed by atoms with Crippen molar-refractivity contribution in [2.75, 3.05) is 6.54 Å². The number of hydrogen-bond donors (Lipinski definition) is 2. The van der Waals surface area contributed by atoms with E-state index in [1.807, 2.05) is 5.32 Å². The highest BCUT2D eigenvalue weighted by atomic mass is 19.4. The Kier molecular flexibility index (Phi) is 6.91. The molecule has 1 amide bonds. The molecule has 34 heavy (non-hydrogen) atoms. The normalized spacial score (nSPS) is 12.8. The Morgan fingerprint density at radius 3 is 2.35 bits per heavy atom. The topological polar surface area (TPSA) is 106 Å². The first-order valence-electron chi connectivity index (χ1n) is 9.29. The SMILES string of the molecule is O=C(NCC(O)C(F)(F)F)c1cc(-c2ccc(OC(F)(F)F)cc2)nn(-c2cccnc2)c1=O. The second-order valence-corrected chi connectivity index (χ2v) is 6.71. The molecule has 0 saturated heterocycles. The number of aliphatic hydroxyl groups is 1. The fraction of sp³-hybridized carbons (Fsp3) is 0.200. The minimum absolute atomic E-state index is 0.0662.